The Balaban J connectivity index is 1.42. The third kappa shape index (κ3) is 6.10. The Morgan fingerprint density at radius 2 is 2.03 bits per heavy atom. The number of methoxy groups -OCH3 is 1. The number of carbonyl (C=O) groups is 2. The molecule has 2 heterocycles. The van der Waals surface area contributed by atoms with Crippen molar-refractivity contribution in [3.05, 3.63) is 76.6 Å². The van der Waals surface area contributed by atoms with Crippen LogP contribution >= 0.6 is 11.6 Å². The number of ether oxygens (including phenoxy) is 2. The molecule has 1 saturated heterocycles. The molecule has 37 heavy (non-hydrogen) atoms. The molecule has 11 heteroatoms. The van der Waals surface area contributed by atoms with Gasteiger partial charge in [-0.25, -0.2) is 4.39 Å². The molecule has 0 bridgehead atoms. The lowest BCUT2D eigenvalue weighted by atomic mass is 9.96. The second kappa shape index (κ2) is 11.4. The molecule has 1 aliphatic rings. The molecule has 1 aromatic heterocycles. The average Bonchev–Trinajstić information content (AvgIpc) is 3.38. The van der Waals surface area contributed by atoms with E-state index in [1.165, 1.54) is 25.6 Å². The van der Waals surface area contributed by atoms with Gasteiger partial charge in [0.25, 0.3) is 5.91 Å². The van der Waals surface area contributed by atoms with Crippen molar-refractivity contribution in [3.8, 4) is 5.75 Å². The first kappa shape index (κ1) is 26.2. The topological polar surface area (TPSA) is 128 Å². The lowest BCUT2D eigenvalue weighted by Crippen LogP contribution is -2.59. The van der Waals surface area contributed by atoms with E-state index in [4.69, 9.17) is 26.8 Å². The number of pyridine rings is 1. The lowest BCUT2D eigenvalue weighted by molar-refractivity contribution is -0.127. The number of halogens is 2. The Morgan fingerprint density at radius 1 is 1.19 bits per heavy atom. The van der Waals surface area contributed by atoms with E-state index >= 15 is 0 Å². The summed E-state index contributed by atoms with van der Waals surface area (Å²) in [7, 11) is 1.52. The number of nitrogens with two attached hydrogens (primary N) is 1. The number of carbonyl (C=O) groups excluding carboxylic acids is 2. The molecule has 2 amide bonds. The van der Waals surface area contributed by atoms with Crippen molar-refractivity contribution in [1.29, 1.82) is 0 Å². The minimum absolute atomic E-state index is 0.0374. The standard InChI is InChI=1S/C26H27ClFN5O4/c1-36-21-4-5-23(17(9-21)11-28)32-20-3-2-16(22(27)10-20)13-31-25(35)26(6-7-37-15-26)33-24(34)18-8-19(29)14-30-12-18/h2-5,8-10,12,14,32H,6-7,11,13,15,29H2,1H3,(H,31,35)(H,33,34)/t26-/m0/s1. The maximum Gasteiger partial charge on any atom is 0.253 e. The molecule has 194 valence electrons. The van der Waals surface area contributed by atoms with Crippen molar-refractivity contribution in [2.24, 2.45) is 0 Å². The number of anilines is 3. The van der Waals surface area contributed by atoms with Gasteiger partial charge in [-0.3, -0.25) is 14.6 Å². The van der Waals surface area contributed by atoms with Gasteiger partial charge >= 0.3 is 0 Å². The second-order valence-corrected chi connectivity index (χ2v) is 9.02. The zero-order valence-electron chi connectivity index (χ0n) is 20.1. The van der Waals surface area contributed by atoms with Crippen molar-refractivity contribution in [2.75, 3.05) is 31.4 Å². The molecule has 0 radical (unpaired) electrons. The Bertz CT molecular complexity index is 1300. The highest BCUT2D eigenvalue weighted by Crippen LogP contribution is 2.29. The van der Waals surface area contributed by atoms with Gasteiger partial charge in [0.05, 0.1) is 25.0 Å². The molecule has 1 atom stereocenters. The summed E-state index contributed by atoms with van der Waals surface area (Å²) >= 11 is 6.48. The van der Waals surface area contributed by atoms with Crippen LogP contribution in [0.15, 0.2) is 54.9 Å². The highest BCUT2D eigenvalue weighted by atomic mass is 35.5. The third-order valence-electron chi connectivity index (χ3n) is 6.06. The normalized spacial score (nSPS) is 16.7. The molecule has 0 aliphatic carbocycles. The summed E-state index contributed by atoms with van der Waals surface area (Å²) < 4.78 is 24.1. The molecule has 5 N–H and O–H groups in total. The van der Waals surface area contributed by atoms with Gasteiger partial charge in [0.15, 0.2) is 0 Å². The zero-order valence-corrected chi connectivity index (χ0v) is 20.9. The van der Waals surface area contributed by atoms with Gasteiger partial charge in [-0.1, -0.05) is 17.7 Å². The van der Waals surface area contributed by atoms with Crippen molar-refractivity contribution < 1.29 is 23.5 Å². The molecule has 1 aliphatic heterocycles. The number of alkyl halides is 1. The number of hydrogen-bond acceptors (Lipinski definition) is 7. The first-order valence-electron chi connectivity index (χ1n) is 11.5. The quantitative estimate of drug-likeness (QED) is 0.334. The molecule has 0 unspecified atom stereocenters. The second-order valence-electron chi connectivity index (χ2n) is 8.62. The summed E-state index contributed by atoms with van der Waals surface area (Å²) in [5, 5.41) is 9.20. The maximum absolute atomic E-state index is 13.5. The molecule has 1 fully saturated rings. The van der Waals surface area contributed by atoms with Gasteiger partial charge in [-0.15, -0.1) is 0 Å². The Kier molecular flexibility index (Phi) is 8.10. The minimum atomic E-state index is -1.23. The van der Waals surface area contributed by atoms with E-state index < -0.39 is 18.1 Å². The summed E-state index contributed by atoms with van der Waals surface area (Å²) in [5.74, 6) is -0.298. The van der Waals surface area contributed by atoms with Gasteiger partial charge in [-0.05, 0) is 42.0 Å². The predicted octanol–water partition coefficient (Wildman–Crippen LogP) is 3.74. The fourth-order valence-corrected chi connectivity index (χ4v) is 4.22. The number of rotatable bonds is 9. The summed E-state index contributed by atoms with van der Waals surface area (Å²) in [5.41, 5.74) is 7.45. The van der Waals surface area contributed by atoms with Crippen LogP contribution in [0.25, 0.3) is 0 Å². The smallest absolute Gasteiger partial charge is 0.253 e. The summed E-state index contributed by atoms with van der Waals surface area (Å²) in [6, 6.07) is 11.8. The van der Waals surface area contributed by atoms with E-state index in [0.29, 0.717) is 52.0 Å². The summed E-state index contributed by atoms with van der Waals surface area (Å²) in [6.45, 7) is -0.160. The molecule has 0 saturated carbocycles. The van der Waals surface area contributed by atoms with E-state index in [2.05, 4.69) is 20.9 Å². The fourth-order valence-electron chi connectivity index (χ4n) is 3.97. The van der Waals surface area contributed by atoms with Crippen molar-refractivity contribution in [2.45, 2.75) is 25.2 Å². The van der Waals surface area contributed by atoms with Crippen molar-refractivity contribution in [3.63, 3.8) is 0 Å². The molecule has 9 nitrogen and oxygen atoms in total. The first-order valence-corrected chi connectivity index (χ1v) is 11.9. The highest BCUT2D eigenvalue weighted by molar-refractivity contribution is 6.31. The van der Waals surface area contributed by atoms with Crippen LogP contribution in [-0.4, -0.2) is 42.7 Å². The SMILES string of the molecule is COc1ccc(Nc2ccc(CNC(=O)[C@]3(NC(=O)c4cncc(N)c4)CCOC3)c(Cl)c2)c(CF)c1. The van der Waals surface area contributed by atoms with Crippen LogP contribution in [-0.2, 0) is 22.8 Å². The molecule has 2 aromatic carbocycles. The first-order chi connectivity index (χ1) is 17.8. The minimum Gasteiger partial charge on any atom is -0.497 e. The van der Waals surface area contributed by atoms with Crippen LogP contribution in [0.4, 0.5) is 21.5 Å². The number of nitrogens with one attached hydrogen (secondary N) is 3. The number of benzene rings is 2. The Hall–Kier alpha value is -3.89. The third-order valence-corrected chi connectivity index (χ3v) is 6.41. The van der Waals surface area contributed by atoms with Crippen molar-refractivity contribution >= 4 is 40.5 Å². The van der Waals surface area contributed by atoms with Crippen LogP contribution < -0.4 is 26.4 Å². The van der Waals surface area contributed by atoms with E-state index in [0.717, 1.165) is 0 Å². The van der Waals surface area contributed by atoms with Crippen LogP contribution in [0.1, 0.15) is 27.9 Å². The van der Waals surface area contributed by atoms with Gasteiger partial charge in [0.2, 0.25) is 5.91 Å². The number of hydrogen-bond donors (Lipinski definition) is 4. The van der Waals surface area contributed by atoms with Gasteiger partial charge in [0, 0.05) is 53.9 Å². The predicted molar refractivity (Wildman–Crippen MR) is 139 cm³/mol. The lowest BCUT2D eigenvalue weighted by Gasteiger charge is -2.27. The van der Waals surface area contributed by atoms with Gasteiger partial charge in [0.1, 0.15) is 18.0 Å². The number of amides is 2. The zero-order chi connectivity index (χ0) is 26.4. The molecule has 0 spiro atoms. The van der Waals surface area contributed by atoms with E-state index in [1.807, 2.05) is 0 Å². The Labute approximate surface area is 218 Å². The maximum atomic E-state index is 13.5. The highest BCUT2D eigenvalue weighted by Gasteiger charge is 2.43. The molecular weight excluding hydrogens is 501 g/mol. The number of aromatic nitrogens is 1. The molecule has 4 rings (SSSR count). The van der Waals surface area contributed by atoms with Crippen LogP contribution in [0, 0.1) is 0 Å². The average molecular weight is 528 g/mol. The van der Waals surface area contributed by atoms with Crippen molar-refractivity contribution in [1.82, 2.24) is 15.6 Å². The van der Waals surface area contributed by atoms with E-state index in [-0.39, 0.29) is 24.6 Å². The fraction of sp³-hybridized carbons (Fsp3) is 0.269. The molecule has 3 aromatic rings. The monoisotopic (exact) mass is 527 g/mol. The Morgan fingerprint density at radius 3 is 2.70 bits per heavy atom. The van der Waals surface area contributed by atoms with Crippen LogP contribution in [0.3, 0.4) is 0 Å². The number of nitrogens with zero attached hydrogens (tertiary/aromatic N) is 1. The number of nitrogen functional groups attached to an aromatic ring is 1. The van der Waals surface area contributed by atoms with Crippen LogP contribution in [0.2, 0.25) is 5.02 Å². The van der Waals surface area contributed by atoms with E-state index in [9.17, 15) is 14.0 Å². The molecular formula is C26H27ClFN5O4. The summed E-state index contributed by atoms with van der Waals surface area (Å²) in [4.78, 5) is 29.9. The van der Waals surface area contributed by atoms with Crippen LogP contribution in [0.5, 0.6) is 5.75 Å². The largest absolute Gasteiger partial charge is 0.497 e. The van der Waals surface area contributed by atoms with Gasteiger partial charge in [-0.2, -0.15) is 0 Å². The van der Waals surface area contributed by atoms with Gasteiger partial charge < -0.3 is 31.2 Å². The summed E-state index contributed by atoms with van der Waals surface area (Å²) in [6.07, 6.45) is 3.13. The van der Waals surface area contributed by atoms with E-state index in [1.54, 1.807) is 36.4 Å².